The zero-order valence-corrected chi connectivity index (χ0v) is 58.3. The van der Waals surface area contributed by atoms with Gasteiger partial charge in [-0.1, -0.05) is 303 Å². The molecule has 0 aliphatic rings. The Bertz CT molecular complexity index is 6720. The van der Waals surface area contributed by atoms with Crippen molar-refractivity contribution in [2.24, 2.45) is 0 Å². The summed E-state index contributed by atoms with van der Waals surface area (Å²) in [5.74, 6) is 0. The topological polar surface area (TPSA) is 31.2 Å². The number of aromatic nitrogens is 1. The lowest BCUT2D eigenvalue weighted by atomic mass is 9.85. The molecule has 3 heterocycles. The fourth-order valence-corrected chi connectivity index (χ4v) is 16.9. The van der Waals surface area contributed by atoms with Crippen LogP contribution in [0.25, 0.3) is 215 Å². The first-order valence-corrected chi connectivity index (χ1v) is 36.8. The summed E-state index contributed by atoms with van der Waals surface area (Å²) < 4.78 is 17.4. The summed E-state index contributed by atoms with van der Waals surface area (Å²) in [4.78, 5) is 0. The summed E-state index contributed by atoms with van der Waals surface area (Å²) in [5.41, 5.74) is 31.2. The molecule has 0 amide bonds. The quantitative estimate of drug-likeness (QED) is 0.114. The first kappa shape index (κ1) is 61.5. The Hall–Kier alpha value is -14.1. The van der Waals surface area contributed by atoms with Crippen LogP contribution in [0.5, 0.6) is 0 Å². The van der Waals surface area contributed by atoms with Gasteiger partial charge in [-0.2, -0.15) is 0 Å². The van der Waals surface area contributed by atoms with Crippen molar-refractivity contribution in [1.29, 1.82) is 0 Å². The maximum atomic E-state index is 7.47. The van der Waals surface area contributed by atoms with E-state index in [-0.39, 0.29) is 0 Å². The minimum absolute atomic E-state index is 0.839. The molecule has 0 aliphatic carbocycles. The summed E-state index contributed by atoms with van der Waals surface area (Å²) >= 11 is 0. The van der Waals surface area contributed by atoms with Crippen LogP contribution in [0.15, 0.2) is 403 Å². The van der Waals surface area contributed by atoms with E-state index in [0.29, 0.717) is 0 Å². The molecule has 498 valence electrons. The van der Waals surface area contributed by atoms with Gasteiger partial charge in [0.15, 0.2) is 0 Å². The molecule has 18 aromatic carbocycles. The number of hydrogen-bond donors (Lipinski definition) is 0. The van der Waals surface area contributed by atoms with Crippen LogP contribution >= 0.6 is 0 Å². The van der Waals surface area contributed by atoms with E-state index in [0.717, 1.165) is 172 Å². The number of hydrogen-bond acceptors (Lipinski definition) is 2. The molecule has 21 rings (SSSR count). The van der Waals surface area contributed by atoms with Crippen molar-refractivity contribution in [3.63, 3.8) is 0 Å². The molecule has 3 aromatic heterocycles. The van der Waals surface area contributed by atoms with E-state index >= 15 is 0 Å². The normalized spacial score (nSPS) is 11.7. The van der Waals surface area contributed by atoms with Gasteiger partial charge in [-0.25, -0.2) is 0 Å². The Morgan fingerprint density at radius 2 is 0.402 bits per heavy atom. The van der Waals surface area contributed by atoms with Crippen molar-refractivity contribution in [2.75, 3.05) is 0 Å². The van der Waals surface area contributed by atoms with Gasteiger partial charge < -0.3 is 13.4 Å². The van der Waals surface area contributed by atoms with Crippen LogP contribution < -0.4 is 0 Å². The molecule has 3 nitrogen and oxygen atoms in total. The van der Waals surface area contributed by atoms with Gasteiger partial charge in [0.05, 0.1) is 11.0 Å². The highest BCUT2D eigenvalue weighted by Gasteiger charge is 2.26. The zero-order valence-electron chi connectivity index (χ0n) is 58.3. The predicted octanol–water partition coefficient (Wildman–Crippen LogP) is 29.2. The number of furan rings is 2. The highest BCUT2D eigenvalue weighted by Crippen LogP contribution is 2.50. The van der Waals surface area contributed by atoms with Gasteiger partial charge in [0.25, 0.3) is 0 Å². The molecule has 0 N–H and O–H groups in total. The highest BCUT2D eigenvalue weighted by atomic mass is 16.3. The van der Waals surface area contributed by atoms with Crippen molar-refractivity contribution in [2.45, 2.75) is 0 Å². The number of nitrogens with zero attached hydrogens (tertiary/aromatic N) is 1. The second kappa shape index (κ2) is 25.4. The molecule has 0 saturated carbocycles. The zero-order chi connectivity index (χ0) is 70.5. The van der Waals surface area contributed by atoms with Gasteiger partial charge in [-0.3, -0.25) is 0 Å². The molecule has 0 aliphatic heterocycles. The monoisotopic (exact) mass is 1360 g/mol. The second-order valence-electron chi connectivity index (χ2n) is 28.1. The number of rotatable bonds is 12. The Balaban J connectivity index is 0.799. The van der Waals surface area contributed by atoms with E-state index in [1.807, 2.05) is 0 Å². The second-order valence-corrected chi connectivity index (χ2v) is 28.1. The lowest BCUT2D eigenvalue weighted by Crippen LogP contribution is -1.94. The van der Waals surface area contributed by atoms with E-state index in [1.165, 1.54) is 43.8 Å². The molecular weight excluding hydrogens is 1300 g/mol. The van der Waals surface area contributed by atoms with Crippen LogP contribution in [-0.4, -0.2) is 4.57 Å². The van der Waals surface area contributed by atoms with Crippen molar-refractivity contribution >= 4 is 87.2 Å². The molecule has 0 spiro atoms. The molecule has 0 atom stereocenters. The van der Waals surface area contributed by atoms with Crippen molar-refractivity contribution in [1.82, 2.24) is 4.57 Å². The van der Waals surface area contributed by atoms with Crippen LogP contribution in [0.4, 0.5) is 0 Å². The van der Waals surface area contributed by atoms with E-state index in [1.54, 1.807) is 0 Å². The van der Waals surface area contributed by atoms with E-state index < -0.39 is 0 Å². The van der Waals surface area contributed by atoms with Crippen molar-refractivity contribution < 1.29 is 8.83 Å². The Labute approximate surface area is 619 Å². The molecule has 0 unspecified atom stereocenters. The average molecular weight is 1360 g/mol. The summed E-state index contributed by atoms with van der Waals surface area (Å²) in [7, 11) is 0. The van der Waals surface area contributed by atoms with Crippen molar-refractivity contribution in [3.8, 4) is 128 Å². The SMILES string of the molecule is c1ccc(-c2cc(-c3ccccc3)c3oc4c(-c5ccc6c(c5)c5cc(-c7cc(-c8ccccc8)cc8c7oc7c(-c9ccccc9)cc(-c9ccccc9)cc78)ccc5n6-c5ccc(-c6ccc7c(-c8ccccc8)c8ccccc8c(-c8ccccc8)c7c6)cc5)cc(-c5ccccc5)cc4c3c2)cc1. The smallest absolute Gasteiger partial charge is 0.143 e. The van der Waals surface area contributed by atoms with E-state index in [9.17, 15) is 0 Å². The van der Waals surface area contributed by atoms with Gasteiger partial charge in [0.2, 0.25) is 0 Å². The lowest BCUT2D eigenvalue weighted by molar-refractivity contribution is 0.671. The molecule has 0 bridgehead atoms. The first-order valence-electron chi connectivity index (χ1n) is 36.8. The number of fused-ring (bicyclic) bond motifs is 11. The molecule has 3 heteroatoms. The first-order chi connectivity index (χ1) is 53.0. The molecule has 0 saturated heterocycles. The Kier molecular flexibility index (Phi) is 14.6. The fourth-order valence-electron chi connectivity index (χ4n) is 16.9. The maximum Gasteiger partial charge on any atom is 0.143 e. The third-order valence-electron chi connectivity index (χ3n) is 21.9. The largest absolute Gasteiger partial charge is 0.455 e. The minimum atomic E-state index is 0.839. The highest BCUT2D eigenvalue weighted by molar-refractivity contribution is 6.23. The van der Waals surface area contributed by atoms with Gasteiger partial charge in [-0.15, -0.1) is 0 Å². The van der Waals surface area contributed by atoms with Crippen LogP contribution in [0.2, 0.25) is 0 Å². The van der Waals surface area contributed by atoms with Gasteiger partial charge in [0.1, 0.15) is 22.3 Å². The average Bonchev–Trinajstić information content (AvgIpc) is 1.50. The third-order valence-corrected chi connectivity index (χ3v) is 21.9. The molecular formula is C104H65NO2. The fraction of sp³-hybridized carbons (Fsp3) is 0. The van der Waals surface area contributed by atoms with Crippen LogP contribution in [0, 0.1) is 0 Å². The standard InChI is InChI=1S/C104H65NO2/c1-9-27-66(28-10-1)78-58-86(71-35-17-5-18-36-71)101-93(62-78)95-64-80(68-31-13-3-14-32-68)60-88(103(95)106-101)76-48-53-97-90(56-76)91-57-77(89-61-81(69-33-15-4-16-34-69)65-96-94-63-79(67-29-11-2-12-30-67)59-87(102(94)107-104(89)96)72-37-19-6-20-38-72)49-54-98(91)105(97)82-50-45-70(46-51-82)75-47-52-85-92(55-75)100(74-41-23-8-24-42-74)84-44-26-25-43-83(84)99(85)73-39-21-7-22-40-73/h1-65H. The summed E-state index contributed by atoms with van der Waals surface area (Å²) in [6, 6.07) is 144. The Morgan fingerprint density at radius 3 is 0.757 bits per heavy atom. The maximum absolute atomic E-state index is 7.47. The molecule has 0 fully saturated rings. The van der Waals surface area contributed by atoms with Gasteiger partial charge in [0, 0.05) is 60.3 Å². The predicted molar refractivity (Wildman–Crippen MR) is 450 cm³/mol. The van der Waals surface area contributed by atoms with Gasteiger partial charge in [-0.05, 0) is 213 Å². The molecule has 21 aromatic rings. The minimum Gasteiger partial charge on any atom is -0.455 e. The van der Waals surface area contributed by atoms with Crippen LogP contribution in [0.1, 0.15) is 0 Å². The Morgan fingerprint density at radius 1 is 0.150 bits per heavy atom. The lowest BCUT2D eigenvalue weighted by Gasteiger charge is -2.19. The van der Waals surface area contributed by atoms with Crippen molar-refractivity contribution in [3.05, 3.63) is 394 Å². The molecule has 107 heavy (non-hydrogen) atoms. The summed E-state index contributed by atoms with van der Waals surface area (Å²) in [5, 5.41) is 11.4. The van der Waals surface area contributed by atoms with Crippen LogP contribution in [-0.2, 0) is 0 Å². The number of benzene rings is 18. The van der Waals surface area contributed by atoms with E-state index in [2.05, 4.69) is 399 Å². The summed E-state index contributed by atoms with van der Waals surface area (Å²) in [6.45, 7) is 0. The molecule has 0 radical (unpaired) electrons. The van der Waals surface area contributed by atoms with E-state index in [4.69, 9.17) is 8.83 Å². The van der Waals surface area contributed by atoms with Crippen LogP contribution in [0.3, 0.4) is 0 Å². The van der Waals surface area contributed by atoms with Gasteiger partial charge >= 0.3 is 0 Å². The third kappa shape index (κ3) is 10.5. The summed E-state index contributed by atoms with van der Waals surface area (Å²) in [6.07, 6.45) is 0.